The van der Waals surface area contributed by atoms with E-state index in [1.807, 2.05) is 25.4 Å². The van der Waals surface area contributed by atoms with E-state index >= 15 is 4.39 Å². The van der Waals surface area contributed by atoms with Crippen LogP contribution in [-0.4, -0.2) is 57.1 Å². The smallest absolute Gasteiger partial charge is 0.304 e. The molecule has 1 N–H and O–H groups in total. The lowest BCUT2D eigenvalue weighted by Gasteiger charge is -2.35. The van der Waals surface area contributed by atoms with Crippen LogP contribution in [0.2, 0.25) is 0 Å². The fraction of sp³-hybridized carbons (Fsp3) is 0.593. The zero-order valence-corrected chi connectivity index (χ0v) is 21.1. The lowest BCUT2D eigenvalue weighted by atomic mass is 9.81. The Hall–Kier alpha value is -2.88. The van der Waals surface area contributed by atoms with Gasteiger partial charge in [-0.05, 0) is 56.6 Å². The number of fused-ring (bicyclic) bond motifs is 2. The standard InChI is InChI=1S/C27H32F3N5O2/c1-25(28,29)23-12-22(33-37-23)27-13-17(27)14-35(16-27)11-10-26(30)8-6-18(7-9-26)31-24(36)19-4-3-5-21-20(19)15-34(2)32-21/h3-5,12,15,17-18H,6-11,13-14,16H2,1-2H3,(H,31,36)/t17-,18-,26+,27-/m0/s1. The molecule has 7 nitrogen and oxygen atoms in total. The van der Waals surface area contributed by atoms with E-state index in [1.165, 1.54) is 6.07 Å². The minimum absolute atomic E-state index is 0.0518. The maximum atomic E-state index is 15.7. The minimum atomic E-state index is -3.05. The van der Waals surface area contributed by atoms with E-state index < -0.39 is 17.4 Å². The average molecular weight is 516 g/mol. The number of carbonyl (C=O) groups excluding carboxylic acids is 1. The molecule has 1 aromatic carbocycles. The lowest BCUT2D eigenvalue weighted by molar-refractivity contribution is -0.0105. The van der Waals surface area contributed by atoms with Gasteiger partial charge in [-0.15, -0.1) is 0 Å². The van der Waals surface area contributed by atoms with Crippen molar-refractivity contribution in [3.8, 4) is 0 Å². The molecule has 2 atom stereocenters. The average Bonchev–Trinajstić information content (AvgIpc) is 3.25. The molecule has 2 aromatic heterocycles. The highest BCUT2D eigenvalue weighted by atomic mass is 19.3. The van der Waals surface area contributed by atoms with Crippen molar-refractivity contribution >= 4 is 16.8 Å². The molecule has 10 heteroatoms. The molecule has 0 bridgehead atoms. The zero-order valence-electron chi connectivity index (χ0n) is 21.1. The molecule has 3 heterocycles. The van der Waals surface area contributed by atoms with E-state index in [4.69, 9.17) is 4.52 Å². The summed E-state index contributed by atoms with van der Waals surface area (Å²) >= 11 is 0. The third-order valence-corrected chi connectivity index (χ3v) is 8.67. The Morgan fingerprint density at radius 1 is 1.30 bits per heavy atom. The highest BCUT2D eigenvalue weighted by molar-refractivity contribution is 6.06. The van der Waals surface area contributed by atoms with Gasteiger partial charge in [-0.25, -0.2) is 4.39 Å². The summed E-state index contributed by atoms with van der Waals surface area (Å²) < 4.78 is 49.4. The number of rotatable bonds is 7. The quantitative estimate of drug-likeness (QED) is 0.493. The number of amides is 1. The molecule has 2 aliphatic carbocycles. The van der Waals surface area contributed by atoms with Gasteiger partial charge >= 0.3 is 5.92 Å². The number of nitrogens with zero attached hydrogens (tertiary/aromatic N) is 4. The van der Waals surface area contributed by atoms with E-state index in [0.29, 0.717) is 62.4 Å². The van der Waals surface area contributed by atoms with Gasteiger partial charge in [0.2, 0.25) is 5.76 Å². The normalized spacial score (nSPS) is 30.0. The first kappa shape index (κ1) is 24.5. The molecular formula is C27H32F3N5O2. The van der Waals surface area contributed by atoms with Gasteiger partial charge in [0, 0.05) is 62.7 Å². The molecular weight excluding hydrogens is 483 g/mol. The number of aromatic nitrogens is 3. The van der Waals surface area contributed by atoms with Crippen molar-refractivity contribution < 1.29 is 22.5 Å². The molecule has 37 heavy (non-hydrogen) atoms. The molecule has 0 unspecified atom stereocenters. The summed E-state index contributed by atoms with van der Waals surface area (Å²) in [6.07, 6.45) is 5.22. The summed E-state index contributed by atoms with van der Waals surface area (Å²) in [5.74, 6) is -3.23. The van der Waals surface area contributed by atoms with Gasteiger partial charge in [0.15, 0.2) is 0 Å². The number of alkyl halides is 3. The minimum Gasteiger partial charge on any atom is -0.355 e. The molecule has 0 spiro atoms. The van der Waals surface area contributed by atoms with Crippen LogP contribution in [0.5, 0.6) is 0 Å². The van der Waals surface area contributed by atoms with Gasteiger partial charge in [-0.3, -0.25) is 9.48 Å². The van der Waals surface area contributed by atoms with Crippen molar-refractivity contribution in [3.05, 3.63) is 47.5 Å². The number of nitrogens with one attached hydrogen (secondary N) is 1. The Morgan fingerprint density at radius 2 is 2.08 bits per heavy atom. The first-order chi connectivity index (χ1) is 17.5. The van der Waals surface area contributed by atoms with Gasteiger partial charge in [0.05, 0.1) is 16.8 Å². The molecule has 3 fully saturated rings. The van der Waals surface area contributed by atoms with Gasteiger partial charge in [-0.1, -0.05) is 11.2 Å². The number of carbonyl (C=O) groups is 1. The predicted octanol–water partition coefficient (Wildman–Crippen LogP) is 4.72. The fourth-order valence-electron chi connectivity index (χ4n) is 6.38. The summed E-state index contributed by atoms with van der Waals surface area (Å²) in [6, 6.07) is 6.84. The van der Waals surface area contributed by atoms with Crippen LogP contribution in [0.4, 0.5) is 13.2 Å². The van der Waals surface area contributed by atoms with Gasteiger partial charge in [0.1, 0.15) is 5.67 Å². The molecule has 3 aromatic rings. The van der Waals surface area contributed by atoms with Crippen LogP contribution in [0.1, 0.15) is 67.3 Å². The van der Waals surface area contributed by atoms with Crippen LogP contribution in [0.15, 0.2) is 35.0 Å². The number of hydrogen-bond donors (Lipinski definition) is 1. The van der Waals surface area contributed by atoms with Crippen molar-refractivity contribution in [2.75, 3.05) is 19.6 Å². The van der Waals surface area contributed by atoms with Crippen LogP contribution in [0, 0.1) is 5.92 Å². The van der Waals surface area contributed by atoms with E-state index in [1.54, 1.807) is 10.7 Å². The third-order valence-electron chi connectivity index (χ3n) is 8.67. The summed E-state index contributed by atoms with van der Waals surface area (Å²) in [5.41, 5.74) is 0.483. The van der Waals surface area contributed by atoms with Crippen LogP contribution < -0.4 is 5.32 Å². The molecule has 0 radical (unpaired) electrons. The second kappa shape index (κ2) is 8.58. The maximum absolute atomic E-state index is 15.7. The predicted molar refractivity (Wildman–Crippen MR) is 131 cm³/mol. The Bertz CT molecular complexity index is 1320. The molecule has 1 aliphatic heterocycles. The first-order valence-electron chi connectivity index (χ1n) is 13.0. The van der Waals surface area contributed by atoms with Crippen LogP contribution in [-0.2, 0) is 18.4 Å². The van der Waals surface area contributed by atoms with Gasteiger partial charge in [-0.2, -0.15) is 13.9 Å². The van der Waals surface area contributed by atoms with Crippen molar-refractivity contribution in [1.29, 1.82) is 0 Å². The SMILES string of the molecule is Cn1cc2c(C(=O)N[C@H]3CC[C@](F)(CCN4C[C@@H]5C[C@]5(c5cc(C(C)(F)F)on5)C4)CC3)cccc2n1. The van der Waals surface area contributed by atoms with Crippen molar-refractivity contribution in [3.63, 3.8) is 0 Å². The van der Waals surface area contributed by atoms with Crippen molar-refractivity contribution in [2.24, 2.45) is 13.0 Å². The van der Waals surface area contributed by atoms with Crippen LogP contribution >= 0.6 is 0 Å². The zero-order chi connectivity index (χ0) is 26.0. The Labute approximate surface area is 213 Å². The van der Waals surface area contributed by atoms with Gasteiger partial charge < -0.3 is 14.7 Å². The summed E-state index contributed by atoms with van der Waals surface area (Å²) in [7, 11) is 1.83. The van der Waals surface area contributed by atoms with Crippen LogP contribution in [0.3, 0.4) is 0 Å². The number of piperidine rings is 1. The van der Waals surface area contributed by atoms with E-state index in [9.17, 15) is 13.6 Å². The van der Waals surface area contributed by atoms with Gasteiger partial charge in [0.25, 0.3) is 5.91 Å². The monoisotopic (exact) mass is 515 g/mol. The number of aryl methyl sites for hydroxylation is 1. The summed E-state index contributed by atoms with van der Waals surface area (Å²) in [6.45, 7) is 2.97. The molecule has 1 amide bonds. The highest BCUT2D eigenvalue weighted by Gasteiger charge is 2.62. The maximum Gasteiger partial charge on any atom is 0.304 e. The number of likely N-dealkylation sites (tertiary alicyclic amines) is 1. The number of benzene rings is 1. The topological polar surface area (TPSA) is 76.2 Å². The molecule has 6 rings (SSSR count). The first-order valence-corrected chi connectivity index (χ1v) is 13.0. The third kappa shape index (κ3) is 4.53. The van der Waals surface area contributed by atoms with E-state index in [0.717, 1.165) is 30.8 Å². The van der Waals surface area contributed by atoms with E-state index in [-0.39, 0.29) is 17.4 Å². The summed E-state index contributed by atoms with van der Waals surface area (Å²) in [5, 5.41) is 12.2. The van der Waals surface area contributed by atoms with Crippen molar-refractivity contribution in [1.82, 2.24) is 25.2 Å². The highest BCUT2D eigenvalue weighted by Crippen LogP contribution is 2.59. The summed E-state index contributed by atoms with van der Waals surface area (Å²) in [4.78, 5) is 15.2. The lowest BCUT2D eigenvalue weighted by Crippen LogP contribution is -2.43. The second-order valence-corrected chi connectivity index (χ2v) is 11.4. The van der Waals surface area contributed by atoms with Crippen molar-refractivity contribution in [2.45, 2.75) is 68.5 Å². The molecule has 3 aliphatic rings. The number of hydrogen-bond acceptors (Lipinski definition) is 5. The fourth-order valence-corrected chi connectivity index (χ4v) is 6.38. The number of halogens is 3. The Morgan fingerprint density at radius 3 is 2.81 bits per heavy atom. The molecule has 2 saturated carbocycles. The van der Waals surface area contributed by atoms with E-state index in [2.05, 4.69) is 20.5 Å². The Balaban J connectivity index is 1.00. The molecule has 1 saturated heterocycles. The molecule has 198 valence electrons. The second-order valence-electron chi connectivity index (χ2n) is 11.4. The Kier molecular flexibility index (Phi) is 5.67. The largest absolute Gasteiger partial charge is 0.355 e. The van der Waals surface area contributed by atoms with Crippen LogP contribution in [0.25, 0.3) is 10.9 Å².